The van der Waals surface area contributed by atoms with Crippen molar-refractivity contribution in [2.75, 3.05) is 0 Å². The molecule has 0 atom stereocenters. The molecule has 0 saturated heterocycles. The first-order chi connectivity index (χ1) is 15.5. The second kappa shape index (κ2) is 10.5. The molecule has 0 aromatic heterocycles. The highest BCUT2D eigenvalue weighted by molar-refractivity contribution is 5.63. The molecule has 0 heteroatoms. The molecule has 0 heterocycles. The lowest BCUT2D eigenvalue weighted by Gasteiger charge is -2.27. The predicted octanol–water partition coefficient (Wildman–Crippen LogP) is 9.14. The highest BCUT2D eigenvalue weighted by atomic mass is 14.3. The maximum atomic E-state index is 2.51. The third kappa shape index (κ3) is 5.71. The third-order valence-corrected chi connectivity index (χ3v) is 7.69. The van der Waals surface area contributed by atoms with Gasteiger partial charge in [0.2, 0.25) is 0 Å². The summed E-state index contributed by atoms with van der Waals surface area (Å²) in [5.74, 6) is 1.71. The topological polar surface area (TPSA) is 0 Å². The fraction of sp³-hybridized carbons (Fsp3) is 0.438. The quantitative estimate of drug-likeness (QED) is 0.332. The van der Waals surface area contributed by atoms with E-state index in [-0.39, 0.29) is 0 Å². The van der Waals surface area contributed by atoms with E-state index < -0.39 is 0 Å². The highest BCUT2D eigenvalue weighted by Crippen LogP contribution is 2.37. The number of benzene rings is 3. The Bertz CT molecular complexity index is 976. The zero-order valence-corrected chi connectivity index (χ0v) is 20.6. The number of hydrogen-bond acceptors (Lipinski definition) is 0. The SMILES string of the molecule is Cc1ccc(-c2ccc(CCCCc3c(C)cc(C4CCC(C)CC4)cc3C)cc2)cc1. The molecule has 0 nitrogen and oxygen atoms in total. The lowest BCUT2D eigenvalue weighted by Crippen LogP contribution is -2.11. The first-order valence-electron chi connectivity index (χ1n) is 12.8. The van der Waals surface area contributed by atoms with Crippen LogP contribution in [0.25, 0.3) is 11.1 Å². The van der Waals surface area contributed by atoms with Crippen molar-refractivity contribution in [3.05, 3.63) is 94.0 Å². The van der Waals surface area contributed by atoms with Crippen molar-refractivity contribution in [1.29, 1.82) is 0 Å². The summed E-state index contributed by atoms with van der Waals surface area (Å²) < 4.78 is 0. The monoisotopic (exact) mass is 424 g/mol. The van der Waals surface area contributed by atoms with Crippen LogP contribution in [0.5, 0.6) is 0 Å². The van der Waals surface area contributed by atoms with Crippen molar-refractivity contribution in [2.24, 2.45) is 5.92 Å². The van der Waals surface area contributed by atoms with E-state index in [0.29, 0.717) is 0 Å². The maximum Gasteiger partial charge on any atom is -0.0162 e. The molecule has 3 aromatic carbocycles. The minimum Gasteiger partial charge on any atom is -0.0625 e. The van der Waals surface area contributed by atoms with Crippen LogP contribution in [0.4, 0.5) is 0 Å². The van der Waals surface area contributed by atoms with Crippen LogP contribution < -0.4 is 0 Å². The van der Waals surface area contributed by atoms with Crippen molar-refractivity contribution >= 4 is 0 Å². The third-order valence-electron chi connectivity index (χ3n) is 7.69. The van der Waals surface area contributed by atoms with Crippen molar-refractivity contribution in [1.82, 2.24) is 0 Å². The van der Waals surface area contributed by atoms with Gasteiger partial charge in [0.05, 0.1) is 0 Å². The molecule has 0 aliphatic heterocycles. The summed E-state index contributed by atoms with van der Waals surface area (Å²) in [5, 5.41) is 0. The number of unbranched alkanes of at least 4 members (excludes halogenated alkanes) is 1. The van der Waals surface area contributed by atoms with Crippen LogP contribution in [-0.2, 0) is 12.8 Å². The zero-order valence-electron chi connectivity index (χ0n) is 20.6. The van der Waals surface area contributed by atoms with Crippen molar-refractivity contribution in [3.8, 4) is 11.1 Å². The zero-order chi connectivity index (χ0) is 22.5. The summed E-state index contributed by atoms with van der Waals surface area (Å²) in [7, 11) is 0. The number of hydrogen-bond donors (Lipinski definition) is 0. The summed E-state index contributed by atoms with van der Waals surface area (Å²) in [5.41, 5.74) is 11.6. The van der Waals surface area contributed by atoms with E-state index in [1.807, 2.05) is 0 Å². The van der Waals surface area contributed by atoms with Gasteiger partial charge in [0.25, 0.3) is 0 Å². The second-order valence-corrected chi connectivity index (χ2v) is 10.4. The molecule has 0 radical (unpaired) electrons. The highest BCUT2D eigenvalue weighted by Gasteiger charge is 2.20. The van der Waals surface area contributed by atoms with E-state index in [1.165, 1.54) is 84.7 Å². The maximum absolute atomic E-state index is 2.51. The standard InChI is InChI=1S/C32H40/c1-23-9-15-28(16-10-23)29-19-13-27(14-20-29)7-5-6-8-32-25(3)21-31(22-26(32)4)30-17-11-24(2)12-18-30/h9-10,13-16,19-22,24,30H,5-8,11-12,17-18H2,1-4H3. The van der Waals surface area contributed by atoms with Gasteiger partial charge in [0.1, 0.15) is 0 Å². The Morgan fingerprint density at radius 2 is 1.19 bits per heavy atom. The summed E-state index contributed by atoms with van der Waals surface area (Å²) in [6.07, 6.45) is 10.5. The Kier molecular flexibility index (Phi) is 7.51. The Balaban J connectivity index is 1.29. The van der Waals surface area contributed by atoms with Crippen molar-refractivity contribution < 1.29 is 0 Å². The van der Waals surface area contributed by atoms with Crippen molar-refractivity contribution in [2.45, 2.75) is 85.0 Å². The van der Waals surface area contributed by atoms with Gasteiger partial charge in [0, 0.05) is 0 Å². The van der Waals surface area contributed by atoms with E-state index >= 15 is 0 Å². The number of aryl methyl sites for hydroxylation is 4. The Labute approximate surface area is 196 Å². The summed E-state index contributed by atoms with van der Waals surface area (Å²) >= 11 is 0. The molecule has 0 amide bonds. The summed E-state index contributed by atoms with van der Waals surface area (Å²) in [6, 6.07) is 23.0. The minimum absolute atomic E-state index is 0.792. The van der Waals surface area contributed by atoms with E-state index in [2.05, 4.69) is 88.4 Å². The number of rotatable bonds is 7. The van der Waals surface area contributed by atoms with Gasteiger partial charge >= 0.3 is 0 Å². The van der Waals surface area contributed by atoms with Gasteiger partial charge in [-0.05, 0) is 110 Å². The Morgan fingerprint density at radius 1 is 0.656 bits per heavy atom. The molecule has 32 heavy (non-hydrogen) atoms. The molecule has 1 fully saturated rings. The van der Waals surface area contributed by atoms with Crippen LogP contribution in [0, 0.1) is 26.7 Å². The van der Waals surface area contributed by atoms with Crippen LogP contribution in [0.3, 0.4) is 0 Å². The van der Waals surface area contributed by atoms with Gasteiger partial charge in [-0.3, -0.25) is 0 Å². The van der Waals surface area contributed by atoms with Gasteiger partial charge in [-0.1, -0.05) is 86.0 Å². The normalized spacial score (nSPS) is 18.6. The van der Waals surface area contributed by atoms with E-state index in [4.69, 9.17) is 0 Å². The summed E-state index contributed by atoms with van der Waals surface area (Å²) in [6.45, 7) is 9.22. The first-order valence-corrected chi connectivity index (χ1v) is 12.8. The van der Waals surface area contributed by atoms with Crippen LogP contribution >= 0.6 is 0 Å². The molecule has 3 aromatic rings. The smallest absolute Gasteiger partial charge is 0.0162 e. The second-order valence-electron chi connectivity index (χ2n) is 10.4. The molecule has 1 aliphatic rings. The predicted molar refractivity (Wildman–Crippen MR) is 140 cm³/mol. The Hall–Kier alpha value is -2.34. The fourth-order valence-corrected chi connectivity index (χ4v) is 5.49. The van der Waals surface area contributed by atoms with Gasteiger partial charge in [-0.25, -0.2) is 0 Å². The molecular weight excluding hydrogens is 384 g/mol. The molecule has 0 bridgehead atoms. The van der Waals surface area contributed by atoms with Crippen LogP contribution in [0.1, 0.15) is 84.7 Å². The van der Waals surface area contributed by atoms with Gasteiger partial charge in [0.15, 0.2) is 0 Å². The van der Waals surface area contributed by atoms with Crippen LogP contribution in [-0.4, -0.2) is 0 Å². The lowest BCUT2D eigenvalue weighted by atomic mass is 9.78. The van der Waals surface area contributed by atoms with Crippen molar-refractivity contribution in [3.63, 3.8) is 0 Å². The molecule has 0 N–H and O–H groups in total. The van der Waals surface area contributed by atoms with Crippen LogP contribution in [0.2, 0.25) is 0 Å². The largest absolute Gasteiger partial charge is 0.0625 e. The molecule has 1 aliphatic carbocycles. The molecular formula is C32H40. The molecule has 168 valence electrons. The molecule has 1 saturated carbocycles. The van der Waals surface area contributed by atoms with E-state index in [9.17, 15) is 0 Å². The molecule has 0 spiro atoms. The summed E-state index contributed by atoms with van der Waals surface area (Å²) in [4.78, 5) is 0. The van der Waals surface area contributed by atoms with Gasteiger partial charge in [-0.15, -0.1) is 0 Å². The molecule has 4 rings (SSSR count). The van der Waals surface area contributed by atoms with Gasteiger partial charge in [-0.2, -0.15) is 0 Å². The van der Waals surface area contributed by atoms with E-state index in [1.54, 1.807) is 11.1 Å². The Morgan fingerprint density at radius 3 is 1.78 bits per heavy atom. The average Bonchev–Trinajstić information content (AvgIpc) is 2.79. The minimum atomic E-state index is 0.792. The van der Waals surface area contributed by atoms with E-state index in [0.717, 1.165) is 11.8 Å². The first kappa shape index (κ1) is 22.8. The van der Waals surface area contributed by atoms with Gasteiger partial charge < -0.3 is 0 Å². The van der Waals surface area contributed by atoms with Crippen LogP contribution in [0.15, 0.2) is 60.7 Å². The lowest BCUT2D eigenvalue weighted by molar-refractivity contribution is 0.348. The fourth-order valence-electron chi connectivity index (χ4n) is 5.49. The average molecular weight is 425 g/mol. The molecule has 0 unspecified atom stereocenters.